The van der Waals surface area contributed by atoms with E-state index in [9.17, 15) is 9.59 Å². The fraction of sp³-hybridized carbons (Fsp3) is 0.238. The van der Waals surface area contributed by atoms with Gasteiger partial charge in [-0.05, 0) is 47.9 Å². The van der Waals surface area contributed by atoms with Gasteiger partial charge < -0.3 is 9.80 Å². The standard InChI is InChI=1S/C21H24N2O2/c1-15(19-8-12-21(13-9-19)23(5)17(3)25)14-18-6-10-20(11-7-18)22(4)16(2)24/h6-14H,1-5H3. The quantitative estimate of drug-likeness (QED) is 0.785. The molecule has 0 aliphatic rings. The van der Waals surface area contributed by atoms with Crippen LogP contribution in [-0.4, -0.2) is 25.9 Å². The van der Waals surface area contributed by atoms with Gasteiger partial charge in [0.25, 0.3) is 0 Å². The van der Waals surface area contributed by atoms with E-state index in [1.165, 1.54) is 0 Å². The largest absolute Gasteiger partial charge is 0.316 e. The summed E-state index contributed by atoms with van der Waals surface area (Å²) in [5, 5.41) is 0. The van der Waals surface area contributed by atoms with Crippen LogP contribution in [-0.2, 0) is 9.59 Å². The minimum Gasteiger partial charge on any atom is -0.316 e. The molecule has 0 N–H and O–H groups in total. The molecule has 0 bridgehead atoms. The molecule has 0 fully saturated rings. The molecule has 2 aromatic rings. The van der Waals surface area contributed by atoms with Gasteiger partial charge in [0.1, 0.15) is 0 Å². The molecule has 0 saturated heterocycles. The van der Waals surface area contributed by atoms with Crippen molar-refractivity contribution < 1.29 is 9.59 Å². The number of amides is 2. The Morgan fingerprint density at radius 2 is 1.12 bits per heavy atom. The molecule has 2 aromatic carbocycles. The van der Waals surface area contributed by atoms with E-state index >= 15 is 0 Å². The molecule has 0 heterocycles. The van der Waals surface area contributed by atoms with Gasteiger partial charge in [-0.15, -0.1) is 0 Å². The maximum absolute atomic E-state index is 11.4. The van der Waals surface area contributed by atoms with Crippen molar-refractivity contribution in [1.82, 2.24) is 0 Å². The van der Waals surface area contributed by atoms with Crippen molar-refractivity contribution >= 4 is 34.8 Å². The van der Waals surface area contributed by atoms with Crippen LogP contribution in [0, 0.1) is 0 Å². The zero-order valence-electron chi connectivity index (χ0n) is 15.4. The van der Waals surface area contributed by atoms with Crippen molar-refractivity contribution in [2.24, 2.45) is 0 Å². The van der Waals surface area contributed by atoms with Crippen molar-refractivity contribution in [3.8, 4) is 0 Å². The van der Waals surface area contributed by atoms with Crippen molar-refractivity contribution in [2.45, 2.75) is 20.8 Å². The summed E-state index contributed by atoms with van der Waals surface area (Å²) in [7, 11) is 3.53. The number of rotatable bonds is 4. The lowest BCUT2D eigenvalue weighted by atomic mass is 10.0. The Labute approximate surface area is 149 Å². The number of carbonyl (C=O) groups is 2. The number of hydrogen-bond donors (Lipinski definition) is 0. The Balaban J connectivity index is 2.18. The molecule has 0 aromatic heterocycles. The smallest absolute Gasteiger partial charge is 0.223 e. The minimum absolute atomic E-state index is 0.00934. The third-order valence-electron chi connectivity index (χ3n) is 4.32. The van der Waals surface area contributed by atoms with Crippen LogP contribution in [0.2, 0.25) is 0 Å². The summed E-state index contributed by atoms with van der Waals surface area (Å²) < 4.78 is 0. The molecule has 0 unspecified atom stereocenters. The second-order valence-electron chi connectivity index (χ2n) is 6.12. The van der Waals surface area contributed by atoms with E-state index < -0.39 is 0 Å². The van der Waals surface area contributed by atoms with E-state index in [0.717, 1.165) is 28.1 Å². The summed E-state index contributed by atoms with van der Waals surface area (Å²) in [4.78, 5) is 26.0. The van der Waals surface area contributed by atoms with Gasteiger partial charge >= 0.3 is 0 Å². The first-order chi connectivity index (χ1) is 11.8. The van der Waals surface area contributed by atoms with Crippen molar-refractivity contribution in [2.75, 3.05) is 23.9 Å². The van der Waals surface area contributed by atoms with Crippen LogP contribution in [0.5, 0.6) is 0 Å². The summed E-state index contributed by atoms with van der Waals surface area (Å²) in [5.74, 6) is 0.0192. The molecule has 0 atom stereocenters. The van der Waals surface area contributed by atoms with Crippen LogP contribution in [0.1, 0.15) is 31.9 Å². The third kappa shape index (κ3) is 4.57. The highest BCUT2D eigenvalue weighted by Gasteiger charge is 2.06. The summed E-state index contributed by atoms with van der Waals surface area (Å²) in [6.07, 6.45) is 2.10. The van der Waals surface area contributed by atoms with E-state index in [0.29, 0.717) is 0 Å². The van der Waals surface area contributed by atoms with Gasteiger partial charge in [0.05, 0.1) is 0 Å². The molecule has 4 heteroatoms. The van der Waals surface area contributed by atoms with Crippen LogP contribution in [0.25, 0.3) is 11.6 Å². The topological polar surface area (TPSA) is 40.6 Å². The van der Waals surface area contributed by atoms with Gasteiger partial charge in [-0.3, -0.25) is 9.59 Å². The number of benzene rings is 2. The summed E-state index contributed by atoms with van der Waals surface area (Å²) in [6, 6.07) is 15.8. The Bertz CT molecular complexity index is 790. The first kappa shape index (κ1) is 18.5. The van der Waals surface area contributed by atoms with Gasteiger partial charge in [-0.1, -0.05) is 30.3 Å². The summed E-state index contributed by atoms with van der Waals surface area (Å²) >= 11 is 0. The molecule has 2 amide bonds. The molecule has 4 nitrogen and oxygen atoms in total. The molecule has 2 rings (SSSR count). The molecular formula is C21H24N2O2. The van der Waals surface area contributed by atoms with E-state index in [1.54, 1.807) is 37.7 Å². The molecule has 0 saturated carbocycles. The fourth-order valence-corrected chi connectivity index (χ4v) is 2.44. The van der Waals surface area contributed by atoms with Gasteiger partial charge in [0.2, 0.25) is 11.8 Å². The van der Waals surface area contributed by atoms with E-state index in [1.807, 2.05) is 48.5 Å². The zero-order chi connectivity index (χ0) is 18.6. The Morgan fingerprint density at radius 3 is 1.52 bits per heavy atom. The number of hydrogen-bond acceptors (Lipinski definition) is 2. The third-order valence-corrected chi connectivity index (χ3v) is 4.32. The molecular weight excluding hydrogens is 312 g/mol. The van der Waals surface area contributed by atoms with Gasteiger partial charge in [0.15, 0.2) is 0 Å². The number of nitrogens with zero attached hydrogens (tertiary/aromatic N) is 2. The van der Waals surface area contributed by atoms with E-state index in [-0.39, 0.29) is 11.8 Å². The van der Waals surface area contributed by atoms with E-state index in [2.05, 4.69) is 13.0 Å². The Hall–Kier alpha value is -2.88. The predicted molar refractivity (Wildman–Crippen MR) is 105 cm³/mol. The normalized spacial score (nSPS) is 11.2. The van der Waals surface area contributed by atoms with Gasteiger partial charge in [-0.2, -0.15) is 0 Å². The average Bonchev–Trinajstić information content (AvgIpc) is 2.61. The molecule has 130 valence electrons. The number of anilines is 2. The number of allylic oxidation sites excluding steroid dienone is 1. The highest BCUT2D eigenvalue weighted by atomic mass is 16.2. The van der Waals surface area contributed by atoms with Crippen LogP contribution < -0.4 is 9.80 Å². The highest BCUT2D eigenvalue weighted by molar-refractivity contribution is 5.92. The Morgan fingerprint density at radius 1 is 0.720 bits per heavy atom. The lowest BCUT2D eigenvalue weighted by Gasteiger charge is -2.15. The second kappa shape index (κ2) is 7.79. The summed E-state index contributed by atoms with van der Waals surface area (Å²) in [5.41, 5.74) is 5.05. The van der Waals surface area contributed by atoms with Crippen molar-refractivity contribution in [1.29, 1.82) is 0 Å². The first-order valence-corrected chi connectivity index (χ1v) is 8.17. The van der Waals surface area contributed by atoms with Gasteiger partial charge in [-0.25, -0.2) is 0 Å². The lowest BCUT2D eigenvalue weighted by Crippen LogP contribution is -2.22. The monoisotopic (exact) mass is 336 g/mol. The van der Waals surface area contributed by atoms with Crippen molar-refractivity contribution in [3.05, 3.63) is 59.7 Å². The van der Waals surface area contributed by atoms with Crippen LogP contribution in [0.15, 0.2) is 48.5 Å². The maximum atomic E-state index is 11.4. The van der Waals surface area contributed by atoms with Crippen LogP contribution in [0.3, 0.4) is 0 Å². The lowest BCUT2D eigenvalue weighted by molar-refractivity contribution is -0.117. The predicted octanol–water partition coefficient (Wildman–Crippen LogP) is 4.21. The first-order valence-electron chi connectivity index (χ1n) is 8.17. The zero-order valence-corrected chi connectivity index (χ0v) is 15.4. The van der Waals surface area contributed by atoms with Crippen LogP contribution in [0.4, 0.5) is 11.4 Å². The second-order valence-corrected chi connectivity index (χ2v) is 6.12. The maximum Gasteiger partial charge on any atom is 0.223 e. The minimum atomic E-state index is 0.00934. The molecule has 0 radical (unpaired) electrons. The summed E-state index contributed by atoms with van der Waals surface area (Å²) in [6.45, 7) is 5.15. The Kier molecular flexibility index (Phi) is 5.75. The molecule has 0 spiro atoms. The molecule has 25 heavy (non-hydrogen) atoms. The average molecular weight is 336 g/mol. The van der Waals surface area contributed by atoms with E-state index in [4.69, 9.17) is 0 Å². The van der Waals surface area contributed by atoms with Gasteiger partial charge in [0, 0.05) is 39.3 Å². The SMILES string of the molecule is CC(=O)N(C)c1ccc(C=C(C)c2ccc(N(C)C(C)=O)cc2)cc1. The van der Waals surface area contributed by atoms with Crippen molar-refractivity contribution in [3.63, 3.8) is 0 Å². The molecule has 0 aliphatic carbocycles. The number of carbonyl (C=O) groups excluding carboxylic acids is 2. The van der Waals surface area contributed by atoms with Crippen LogP contribution >= 0.6 is 0 Å². The molecule has 0 aliphatic heterocycles. The fourth-order valence-electron chi connectivity index (χ4n) is 2.44. The highest BCUT2D eigenvalue weighted by Crippen LogP contribution is 2.22.